The summed E-state index contributed by atoms with van der Waals surface area (Å²) in [7, 11) is 0. The summed E-state index contributed by atoms with van der Waals surface area (Å²) < 4.78 is 0. The molecule has 0 bridgehead atoms. The number of carbonyl (C=O) groups excluding carboxylic acids is 1. The van der Waals surface area contributed by atoms with Crippen LogP contribution in [0.25, 0.3) is 0 Å². The minimum atomic E-state index is 0.0931. The van der Waals surface area contributed by atoms with E-state index in [0.29, 0.717) is 5.91 Å². The first kappa shape index (κ1) is 12.5. The Morgan fingerprint density at radius 2 is 2.20 bits per heavy atom. The van der Waals surface area contributed by atoms with Crippen LogP contribution in [0.15, 0.2) is 0 Å². The molecule has 3 heteroatoms. The molecule has 1 saturated heterocycles. The number of unbranched alkanes of at least 4 members (excludes halogenated alkanes) is 1. The molecule has 0 saturated carbocycles. The molecule has 1 N–H and O–H groups in total. The molecule has 1 unspecified atom stereocenters. The van der Waals surface area contributed by atoms with Crippen LogP contribution in [0.4, 0.5) is 0 Å². The lowest BCUT2D eigenvalue weighted by atomic mass is 10.0. The first-order valence-corrected chi connectivity index (χ1v) is 6.31. The number of hydrogen-bond acceptors (Lipinski definition) is 2. The van der Waals surface area contributed by atoms with Gasteiger partial charge in [0.2, 0.25) is 5.91 Å². The Bertz CT molecular complexity index is 188. The van der Waals surface area contributed by atoms with Crippen LogP contribution in [0.1, 0.15) is 46.0 Å². The summed E-state index contributed by atoms with van der Waals surface area (Å²) in [5, 5.41) is 3.32. The molecule has 1 amide bonds. The van der Waals surface area contributed by atoms with Crippen LogP contribution < -0.4 is 5.32 Å². The molecule has 1 aliphatic heterocycles. The van der Waals surface area contributed by atoms with Crippen molar-refractivity contribution in [2.45, 2.75) is 52.0 Å². The van der Waals surface area contributed by atoms with Crippen molar-refractivity contribution in [1.29, 1.82) is 0 Å². The molecule has 15 heavy (non-hydrogen) atoms. The highest BCUT2D eigenvalue weighted by Gasteiger charge is 2.24. The monoisotopic (exact) mass is 212 g/mol. The normalized spacial score (nSPS) is 21.3. The fourth-order valence-corrected chi connectivity index (χ4v) is 2.06. The predicted molar refractivity (Wildman–Crippen MR) is 62.8 cm³/mol. The van der Waals surface area contributed by atoms with E-state index in [0.717, 1.165) is 38.9 Å². The number of nitrogens with one attached hydrogen (secondary N) is 1. The van der Waals surface area contributed by atoms with Crippen molar-refractivity contribution in [1.82, 2.24) is 10.2 Å². The number of likely N-dealkylation sites (N-methyl/N-ethyl adjacent to an activating group) is 1. The van der Waals surface area contributed by atoms with Gasteiger partial charge in [-0.2, -0.15) is 0 Å². The minimum Gasteiger partial charge on any atom is -0.342 e. The zero-order chi connectivity index (χ0) is 11.1. The Kier molecular flexibility index (Phi) is 5.69. The number of carbonyl (C=O) groups is 1. The lowest BCUT2D eigenvalue weighted by Crippen LogP contribution is -2.48. The summed E-state index contributed by atoms with van der Waals surface area (Å²) in [4.78, 5) is 14.1. The van der Waals surface area contributed by atoms with Crippen LogP contribution in [0.5, 0.6) is 0 Å². The van der Waals surface area contributed by atoms with Crippen molar-refractivity contribution in [2.75, 3.05) is 19.6 Å². The highest BCUT2D eigenvalue weighted by Crippen LogP contribution is 2.10. The molecule has 0 spiro atoms. The molecular weight excluding hydrogens is 188 g/mol. The van der Waals surface area contributed by atoms with E-state index < -0.39 is 0 Å². The maximum absolute atomic E-state index is 12.1. The minimum absolute atomic E-state index is 0.0931. The van der Waals surface area contributed by atoms with E-state index in [-0.39, 0.29) is 6.04 Å². The lowest BCUT2D eigenvalue weighted by molar-refractivity contribution is -0.133. The smallest absolute Gasteiger partial charge is 0.239 e. The summed E-state index contributed by atoms with van der Waals surface area (Å²) in [6, 6.07) is 0.0931. The number of hydrogen-bond donors (Lipinski definition) is 1. The van der Waals surface area contributed by atoms with Gasteiger partial charge in [-0.05, 0) is 32.7 Å². The Hall–Kier alpha value is -0.570. The van der Waals surface area contributed by atoms with Crippen molar-refractivity contribution in [2.24, 2.45) is 0 Å². The van der Waals surface area contributed by atoms with Crippen molar-refractivity contribution in [3.05, 3.63) is 0 Å². The maximum atomic E-state index is 12.1. The average molecular weight is 212 g/mol. The van der Waals surface area contributed by atoms with Crippen molar-refractivity contribution >= 4 is 5.91 Å². The number of piperidine rings is 1. The van der Waals surface area contributed by atoms with Crippen LogP contribution in [-0.4, -0.2) is 36.5 Å². The van der Waals surface area contributed by atoms with Gasteiger partial charge >= 0.3 is 0 Å². The Morgan fingerprint density at radius 3 is 2.73 bits per heavy atom. The molecule has 88 valence electrons. The van der Waals surface area contributed by atoms with Gasteiger partial charge in [0.1, 0.15) is 0 Å². The standard InChI is InChI=1S/C12H24N2O/c1-3-5-10-14(4-2)12(15)11-8-6-7-9-13-11/h11,13H,3-10H2,1-2H3. The molecule has 0 aliphatic carbocycles. The maximum Gasteiger partial charge on any atom is 0.239 e. The zero-order valence-corrected chi connectivity index (χ0v) is 10.1. The molecule has 1 fully saturated rings. The molecule has 1 heterocycles. The summed E-state index contributed by atoms with van der Waals surface area (Å²) in [5.74, 6) is 0.311. The van der Waals surface area contributed by atoms with Gasteiger partial charge < -0.3 is 10.2 Å². The highest BCUT2D eigenvalue weighted by molar-refractivity contribution is 5.81. The summed E-state index contributed by atoms with van der Waals surface area (Å²) in [6.45, 7) is 7.00. The summed E-state index contributed by atoms with van der Waals surface area (Å²) in [5.41, 5.74) is 0. The molecule has 0 aromatic heterocycles. The summed E-state index contributed by atoms with van der Waals surface area (Å²) >= 11 is 0. The van der Waals surface area contributed by atoms with E-state index in [1.807, 2.05) is 4.90 Å². The SMILES string of the molecule is CCCCN(CC)C(=O)C1CCCCN1. The van der Waals surface area contributed by atoms with E-state index in [2.05, 4.69) is 19.2 Å². The Balaban J connectivity index is 2.40. The van der Waals surface area contributed by atoms with Crippen LogP contribution in [0.3, 0.4) is 0 Å². The third-order valence-corrected chi connectivity index (χ3v) is 3.08. The number of amides is 1. The van der Waals surface area contributed by atoms with Gasteiger partial charge in [-0.15, -0.1) is 0 Å². The van der Waals surface area contributed by atoms with Crippen molar-refractivity contribution < 1.29 is 4.79 Å². The van der Waals surface area contributed by atoms with E-state index in [1.54, 1.807) is 0 Å². The van der Waals surface area contributed by atoms with Gasteiger partial charge in [0.25, 0.3) is 0 Å². The van der Waals surface area contributed by atoms with E-state index in [1.165, 1.54) is 12.8 Å². The number of nitrogens with zero attached hydrogens (tertiary/aromatic N) is 1. The molecule has 1 atom stereocenters. The Morgan fingerprint density at radius 1 is 1.40 bits per heavy atom. The average Bonchev–Trinajstić information content (AvgIpc) is 2.31. The van der Waals surface area contributed by atoms with Gasteiger partial charge in [0, 0.05) is 13.1 Å². The first-order chi connectivity index (χ1) is 7.29. The predicted octanol–water partition coefficient (Wildman–Crippen LogP) is 1.78. The third kappa shape index (κ3) is 3.82. The molecule has 1 aliphatic rings. The second-order valence-corrected chi connectivity index (χ2v) is 4.27. The van der Waals surface area contributed by atoms with Gasteiger partial charge in [-0.1, -0.05) is 19.8 Å². The Labute approximate surface area is 93.2 Å². The first-order valence-electron chi connectivity index (χ1n) is 6.31. The zero-order valence-electron chi connectivity index (χ0n) is 10.1. The number of rotatable bonds is 5. The second kappa shape index (κ2) is 6.83. The van der Waals surface area contributed by atoms with Crippen molar-refractivity contribution in [3.63, 3.8) is 0 Å². The molecule has 1 rings (SSSR count). The fourth-order valence-electron chi connectivity index (χ4n) is 2.06. The van der Waals surface area contributed by atoms with Crippen LogP contribution >= 0.6 is 0 Å². The van der Waals surface area contributed by atoms with E-state index >= 15 is 0 Å². The van der Waals surface area contributed by atoms with Gasteiger partial charge in [0.05, 0.1) is 6.04 Å². The van der Waals surface area contributed by atoms with Crippen molar-refractivity contribution in [3.8, 4) is 0 Å². The van der Waals surface area contributed by atoms with Crippen LogP contribution in [-0.2, 0) is 4.79 Å². The third-order valence-electron chi connectivity index (χ3n) is 3.08. The molecule has 3 nitrogen and oxygen atoms in total. The summed E-state index contributed by atoms with van der Waals surface area (Å²) in [6.07, 6.45) is 5.69. The molecular formula is C12H24N2O. The fraction of sp³-hybridized carbons (Fsp3) is 0.917. The van der Waals surface area contributed by atoms with E-state index in [9.17, 15) is 4.79 Å². The quantitative estimate of drug-likeness (QED) is 0.753. The van der Waals surface area contributed by atoms with E-state index in [4.69, 9.17) is 0 Å². The largest absolute Gasteiger partial charge is 0.342 e. The second-order valence-electron chi connectivity index (χ2n) is 4.27. The lowest BCUT2D eigenvalue weighted by Gasteiger charge is -2.29. The van der Waals surface area contributed by atoms with Gasteiger partial charge in [-0.25, -0.2) is 0 Å². The molecule has 0 aromatic rings. The van der Waals surface area contributed by atoms with Crippen LogP contribution in [0, 0.1) is 0 Å². The molecule has 0 aromatic carbocycles. The molecule has 0 radical (unpaired) electrons. The topological polar surface area (TPSA) is 32.3 Å². The van der Waals surface area contributed by atoms with Gasteiger partial charge in [0.15, 0.2) is 0 Å². The highest BCUT2D eigenvalue weighted by atomic mass is 16.2. The van der Waals surface area contributed by atoms with Gasteiger partial charge in [-0.3, -0.25) is 4.79 Å². The van der Waals surface area contributed by atoms with Crippen LogP contribution in [0.2, 0.25) is 0 Å².